The third-order valence-corrected chi connectivity index (χ3v) is 5.01. The monoisotopic (exact) mass is 391 g/mol. The Labute approximate surface area is 162 Å². The molecule has 1 unspecified atom stereocenters. The number of benzene rings is 2. The van der Waals surface area contributed by atoms with E-state index < -0.39 is 17.5 Å². The third kappa shape index (κ3) is 5.33. The Balaban J connectivity index is 1.54. The molecule has 0 bridgehead atoms. The lowest BCUT2D eigenvalue weighted by Crippen LogP contribution is -2.40. The number of nitrogens with zero attached hydrogens (tertiary/aromatic N) is 1. The van der Waals surface area contributed by atoms with Crippen LogP contribution >= 0.6 is 0 Å². The first-order valence-corrected chi connectivity index (χ1v) is 9.36. The quantitative estimate of drug-likeness (QED) is 0.713. The van der Waals surface area contributed by atoms with Gasteiger partial charge in [0.1, 0.15) is 0 Å². The van der Waals surface area contributed by atoms with E-state index in [2.05, 4.69) is 16.3 Å². The van der Waals surface area contributed by atoms with E-state index in [0.29, 0.717) is 18.7 Å². The highest BCUT2D eigenvalue weighted by molar-refractivity contribution is 5.76. The number of carbonyl (C=O) groups excluding carboxylic acids is 1. The average Bonchev–Trinajstić information content (AvgIpc) is 2.66. The van der Waals surface area contributed by atoms with Gasteiger partial charge in [-0.3, -0.25) is 9.69 Å². The standard InChI is InChI=1S/C21H24F3N3O/c22-18-8-16(9-19(23)20(18)24)11-26-10-14-3-1-4-15(7-14)12-27-6-2-5-17(13-27)21(25)28/h1,3-4,7-9,17,26H,2,5-6,10-13H2,(H2,25,28). The molecule has 1 amide bonds. The fourth-order valence-electron chi connectivity index (χ4n) is 3.59. The van der Waals surface area contributed by atoms with Gasteiger partial charge in [0, 0.05) is 26.2 Å². The van der Waals surface area contributed by atoms with Crippen molar-refractivity contribution in [3.63, 3.8) is 0 Å². The molecule has 1 aliphatic heterocycles. The molecule has 0 aliphatic carbocycles. The van der Waals surface area contributed by atoms with Gasteiger partial charge in [0.2, 0.25) is 5.91 Å². The number of likely N-dealkylation sites (tertiary alicyclic amines) is 1. The Bertz CT molecular complexity index is 820. The van der Waals surface area contributed by atoms with Gasteiger partial charge in [-0.05, 0) is 48.2 Å². The maximum absolute atomic E-state index is 13.3. The van der Waals surface area contributed by atoms with E-state index in [1.165, 1.54) is 0 Å². The van der Waals surface area contributed by atoms with Crippen LogP contribution in [0.5, 0.6) is 0 Å². The molecule has 1 fully saturated rings. The number of amides is 1. The number of primary amides is 1. The minimum Gasteiger partial charge on any atom is -0.369 e. The molecule has 150 valence electrons. The number of hydrogen-bond acceptors (Lipinski definition) is 3. The Morgan fingerprint density at radius 2 is 1.75 bits per heavy atom. The van der Waals surface area contributed by atoms with Crippen molar-refractivity contribution >= 4 is 5.91 Å². The second-order valence-corrected chi connectivity index (χ2v) is 7.27. The Kier molecular flexibility index (Phi) is 6.70. The van der Waals surface area contributed by atoms with Crippen molar-refractivity contribution in [2.24, 2.45) is 11.7 Å². The van der Waals surface area contributed by atoms with E-state index in [1.54, 1.807) is 0 Å². The van der Waals surface area contributed by atoms with E-state index in [-0.39, 0.29) is 18.4 Å². The summed E-state index contributed by atoms with van der Waals surface area (Å²) in [5.41, 5.74) is 7.94. The number of carbonyl (C=O) groups is 1. The van der Waals surface area contributed by atoms with Crippen LogP contribution in [-0.4, -0.2) is 23.9 Å². The molecule has 0 radical (unpaired) electrons. The molecule has 3 rings (SSSR count). The van der Waals surface area contributed by atoms with Gasteiger partial charge in [-0.25, -0.2) is 13.2 Å². The fraction of sp³-hybridized carbons (Fsp3) is 0.381. The lowest BCUT2D eigenvalue weighted by Gasteiger charge is -2.31. The van der Waals surface area contributed by atoms with Gasteiger partial charge in [0.15, 0.2) is 17.5 Å². The summed E-state index contributed by atoms with van der Waals surface area (Å²) in [6.45, 7) is 3.10. The third-order valence-electron chi connectivity index (χ3n) is 5.01. The van der Waals surface area contributed by atoms with Crippen LogP contribution in [0.1, 0.15) is 29.5 Å². The lowest BCUT2D eigenvalue weighted by atomic mass is 9.97. The summed E-state index contributed by atoms with van der Waals surface area (Å²) >= 11 is 0. The molecular formula is C21H24F3N3O. The van der Waals surface area contributed by atoms with Crippen molar-refractivity contribution in [3.05, 3.63) is 70.5 Å². The van der Waals surface area contributed by atoms with Gasteiger partial charge in [-0.15, -0.1) is 0 Å². The zero-order chi connectivity index (χ0) is 20.1. The summed E-state index contributed by atoms with van der Waals surface area (Å²) < 4.78 is 39.5. The maximum atomic E-state index is 13.3. The average molecular weight is 391 g/mol. The highest BCUT2D eigenvalue weighted by Crippen LogP contribution is 2.19. The summed E-state index contributed by atoms with van der Waals surface area (Å²) in [7, 11) is 0. The van der Waals surface area contributed by atoms with Gasteiger partial charge < -0.3 is 11.1 Å². The molecule has 1 saturated heterocycles. The molecule has 1 heterocycles. The van der Waals surface area contributed by atoms with Crippen LogP contribution in [-0.2, 0) is 24.4 Å². The second kappa shape index (κ2) is 9.21. The Morgan fingerprint density at radius 1 is 1.07 bits per heavy atom. The van der Waals surface area contributed by atoms with Crippen LogP contribution in [0.25, 0.3) is 0 Å². The predicted octanol–water partition coefficient (Wildman–Crippen LogP) is 3.09. The molecule has 0 spiro atoms. The van der Waals surface area contributed by atoms with Crippen molar-refractivity contribution in [3.8, 4) is 0 Å². The van der Waals surface area contributed by atoms with Crippen molar-refractivity contribution in [1.29, 1.82) is 0 Å². The van der Waals surface area contributed by atoms with Crippen molar-refractivity contribution in [1.82, 2.24) is 10.2 Å². The topological polar surface area (TPSA) is 58.4 Å². The fourth-order valence-corrected chi connectivity index (χ4v) is 3.59. The number of piperidine rings is 1. The Hall–Kier alpha value is -2.38. The summed E-state index contributed by atoms with van der Waals surface area (Å²) in [5, 5.41) is 3.11. The van der Waals surface area contributed by atoms with Gasteiger partial charge >= 0.3 is 0 Å². The summed E-state index contributed by atoms with van der Waals surface area (Å²) in [5.74, 6) is -4.15. The molecule has 1 atom stereocenters. The van der Waals surface area contributed by atoms with E-state index in [0.717, 1.165) is 49.2 Å². The van der Waals surface area contributed by atoms with E-state index in [1.807, 2.05) is 18.2 Å². The van der Waals surface area contributed by atoms with Crippen molar-refractivity contribution < 1.29 is 18.0 Å². The minimum absolute atomic E-state index is 0.0879. The zero-order valence-electron chi connectivity index (χ0n) is 15.6. The summed E-state index contributed by atoms with van der Waals surface area (Å²) in [4.78, 5) is 13.7. The number of halogens is 3. The number of nitrogens with two attached hydrogens (primary N) is 1. The highest BCUT2D eigenvalue weighted by Gasteiger charge is 2.23. The molecule has 4 nitrogen and oxygen atoms in total. The van der Waals surface area contributed by atoms with Crippen LogP contribution in [0.2, 0.25) is 0 Å². The Morgan fingerprint density at radius 3 is 2.46 bits per heavy atom. The molecule has 3 N–H and O–H groups in total. The van der Waals surface area contributed by atoms with Crippen LogP contribution in [0, 0.1) is 23.4 Å². The number of rotatable bonds is 7. The largest absolute Gasteiger partial charge is 0.369 e. The van der Waals surface area contributed by atoms with Gasteiger partial charge in [-0.1, -0.05) is 24.3 Å². The van der Waals surface area contributed by atoms with Crippen LogP contribution in [0.3, 0.4) is 0 Å². The minimum atomic E-state index is -1.45. The summed E-state index contributed by atoms with van der Waals surface area (Å²) in [6.07, 6.45) is 1.81. The van der Waals surface area contributed by atoms with Gasteiger partial charge in [0.05, 0.1) is 5.92 Å². The van der Waals surface area contributed by atoms with Crippen molar-refractivity contribution in [2.45, 2.75) is 32.5 Å². The molecule has 7 heteroatoms. The lowest BCUT2D eigenvalue weighted by molar-refractivity contribution is -0.123. The smallest absolute Gasteiger partial charge is 0.221 e. The first kappa shape index (κ1) is 20.4. The predicted molar refractivity (Wildman–Crippen MR) is 100 cm³/mol. The molecule has 1 aliphatic rings. The molecule has 2 aromatic carbocycles. The van der Waals surface area contributed by atoms with Crippen LogP contribution < -0.4 is 11.1 Å². The summed E-state index contributed by atoms with van der Waals surface area (Å²) in [6, 6.07) is 10.00. The molecule has 28 heavy (non-hydrogen) atoms. The molecule has 2 aromatic rings. The van der Waals surface area contributed by atoms with Crippen LogP contribution in [0.15, 0.2) is 36.4 Å². The molecular weight excluding hydrogens is 367 g/mol. The molecule has 0 saturated carbocycles. The van der Waals surface area contributed by atoms with E-state index in [9.17, 15) is 18.0 Å². The van der Waals surface area contributed by atoms with Crippen LogP contribution in [0.4, 0.5) is 13.2 Å². The highest BCUT2D eigenvalue weighted by atomic mass is 19.2. The number of nitrogens with one attached hydrogen (secondary N) is 1. The first-order chi connectivity index (χ1) is 13.4. The maximum Gasteiger partial charge on any atom is 0.221 e. The van der Waals surface area contributed by atoms with Gasteiger partial charge in [0.25, 0.3) is 0 Å². The van der Waals surface area contributed by atoms with E-state index >= 15 is 0 Å². The van der Waals surface area contributed by atoms with Gasteiger partial charge in [-0.2, -0.15) is 0 Å². The first-order valence-electron chi connectivity index (χ1n) is 9.36. The second-order valence-electron chi connectivity index (χ2n) is 7.27. The normalized spacial score (nSPS) is 17.6. The molecule has 0 aromatic heterocycles. The number of hydrogen-bond donors (Lipinski definition) is 2. The van der Waals surface area contributed by atoms with E-state index in [4.69, 9.17) is 5.73 Å². The SMILES string of the molecule is NC(=O)C1CCCN(Cc2cccc(CNCc3cc(F)c(F)c(F)c3)c2)C1. The zero-order valence-corrected chi connectivity index (χ0v) is 15.6. The van der Waals surface area contributed by atoms with Crippen molar-refractivity contribution in [2.75, 3.05) is 13.1 Å².